The maximum absolute atomic E-state index is 12.2. The van der Waals surface area contributed by atoms with Gasteiger partial charge in [0, 0.05) is 13.1 Å². The smallest absolute Gasteiger partial charge is 0.414 e. The zero-order valence-corrected chi connectivity index (χ0v) is 12.7. The predicted octanol–water partition coefficient (Wildman–Crippen LogP) is 2.64. The van der Waals surface area contributed by atoms with Crippen LogP contribution in [0.15, 0.2) is 18.2 Å². The minimum absolute atomic E-state index is 0.393. The molecule has 0 bridgehead atoms. The van der Waals surface area contributed by atoms with Crippen molar-refractivity contribution < 1.29 is 19.1 Å². The van der Waals surface area contributed by atoms with Crippen LogP contribution in [0.25, 0.3) is 0 Å². The number of benzene rings is 1. The van der Waals surface area contributed by atoms with Crippen LogP contribution in [0.1, 0.15) is 31.1 Å². The molecule has 0 radical (unpaired) electrons. The van der Waals surface area contributed by atoms with E-state index in [0.717, 1.165) is 5.69 Å². The molecule has 114 valence electrons. The van der Waals surface area contributed by atoms with E-state index in [1.54, 1.807) is 23.1 Å². The molecule has 21 heavy (non-hydrogen) atoms. The van der Waals surface area contributed by atoms with Crippen LogP contribution in [0.3, 0.4) is 0 Å². The first-order valence-corrected chi connectivity index (χ1v) is 6.78. The molecule has 0 saturated carbocycles. The molecule has 6 nitrogen and oxygen atoms in total. The average Bonchev–Trinajstić information content (AvgIpc) is 2.43. The maximum Gasteiger partial charge on any atom is 0.414 e. The highest BCUT2D eigenvalue weighted by Crippen LogP contribution is 2.31. The number of rotatable bonds is 1. The third-order valence-electron chi connectivity index (χ3n) is 2.97. The van der Waals surface area contributed by atoms with Gasteiger partial charge in [-0.2, -0.15) is 0 Å². The summed E-state index contributed by atoms with van der Waals surface area (Å²) < 4.78 is 10.1. The topological polar surface area (TPSA) is 67.9 Å². The van der Waals surface area contributed by atoms with Crippen LogP contribution in [0.5, 0.6) is 0 Å². The Morgan fingerprint density at radius 2 is 2.00 bits per heavy atom. The minimum atomic E-state index is -0.548. The fraction of sp³-hybridized carbons (Fsp3) is 0.467. The number of anilines is 2. The average molecular weight is 292 g/mol. The number of nitrogens with zero attached hydrogens (tertiary/aromatic N) is 1. The van der Waals surface area contributed by atoms with Crippen molar-refractivity contribution in [3.8, 4) is 0 Å². The highest BCUT2D eigenvalue weighted by Gasteiger charge is 2.27. The molecule has 1 aliphatic rings. The van der Waals surface area contributed by atoms with Gasteiger partial charge in [0.05, 0.1) is 24.0 Å². The van der Waals surface area contributed by atoms with Crippen LogP contribution in [-0.4, -0.2) is 37.9 Å². The largest absolute Gasteiger partial charge is 0.465 e. The molecule has 1 aliphatic heterocycles. The van der Waals surface area contributed by atoms with Crippen LogP contribution in [0.4, 0.5) is 16.2 Å². The molecule has 6 heteroatoms. The Balaban J connectivity index is 2.28. The summed E-state index contributed by atoms with van der Waals surface area (Å²) in [5.74, 6) is -0.408. The number of esters is 1. The number of carbonyl (C=O) groups is 2. The Bertz CT molecular complexity index is 563. The van der Waals surface area contributed by atoms with Crippen molar-refractivity contribution in [3.63, 3.8) is 0 Å². The molecule has 0 saturated heterocycles. The predicted molar refractivity (Wildman–Crippen MR) is 79.9 cm³/mol. The first-order chi connectivity index (χ1) is 9.81. The highest BCUT2D eigenvalue weighted by molar-refractivity contribution is 5.97. The first kappa shape index (κ1) is 15.2. The monoisotopic (exact) mass is 292 g/mol. The highest BCUT2D eigenvalue weighted by atomic mass is 16.6. The van der Waals surface area contributed by atoms with E-state index in [2.05, 4.69) is 5.32 Å². The molecule has 1 N–H and O–H groups in total. The van der Waals surface area contributed by atoms with Gasteiger partial charge in [-0.25, -0.2) is 9.59 Å². The summed E-state index contributed by atoms with van der Waals surface area (Å²) in [7, 11) is 1.34. The molecule has 0 spiro atoms. The zero-order chi connectivity index (χ0) is 15.6. The number of methoxy groups -OCH3 is 1. The third-order valence-corrected chi connectivity index (χ3v) is 2.97. The normalized spacial score (nSPS) is 14.0. The second-order valence-electron chi connectivity index (χ2n) is 5.78. The van der Waals surface area contributed by atoms with Gasteiger partial charge in [0.2, 0.25) is 0 Å². The summed E-state index contributed by atoms with van der Waals surface area (Å²) in [4.78, 5) is 25.4. The zero-order valence-electron chi connectivity index (χ0n) is 12.7. The molecular weight excluding hydrogens is 272 g/mol. The van der Waals surface area contributed by atoms with E-state index >= 15 is 0 Å². The second kappa shape index (κ2) is 5.63. The lowest BCUT2D eigenvalue weighted by atomic mass is 10.1. The Hall–Kier alpha value is -2.24. The van der Waals surface area contributed by atoms with Crippen LogP contribution in [0, 0.1) is 0 Å². The van der Waals surface area contributed by atoms with Crippen molar-refractivity contribution in [1.29, 1.82) is 0 Å². The summed E-state index contributed by atoms with van der Waals surface area (Å²) in [6, 6.07) is 5.03. The molecule has 1 amide bonds. The maximum atomic E-state index is 12.2. The van der Waals surface area contributed by atoms with Gasteiger partial charge in [0.15, 0.2) is 0 Å². The Morgan fingerprint density at radius 1 is 1.29 bits per heavy atom. The molecule has 1 aromatic carbocycles. The lowest BCUT2D eigenvalue weighted by molar-refractivity contribution is 0.0578. The number of ether oxygens (including phenoxy) is 2. The van der Waals surface area contributed by atoms with E-state index < -0.39 is 17.7 Å². The summed E-state index contributed by atoms with van der Waals surface area (Å²) in [5.41, 5.74) is 1.31. The van der Waals surface area contributed by atoms with Gasteiger partial charge in [-0.15, -0.1) is 0 Å². The summed E-state index contributed by atoms with van der Waals surface area (Å²) in [6.45, 7) is 6.59. The van der Waals surface area contributed by atoms with E-state index in [1.165, 1.54) is 7.11 Å². The van der Waals surface area contributed by atoms with Gasteiger partial charge < -0.3 is 14.8 Å². The summed E-state index contributed by atoms with van der Waals surface area (Å²) in [5, 5.41) is 3.17. The van der Waals surface area contributed by atoms with Crippen molar-refractivity contribution in [2.75, 3.05) is 30.4 Å². The van der Waals surface area contributed by atoms with Crippen molar-refractivity contribution in [1.82, 2.24) is 0 Å². The van der Waals surface area contributed by atoms with Gasteiger partial charge in [0.1, 0.15) is 5.60 Å². The van der Waals surface area contributed by atoms with Crippen molar-refractivity contribution in [2.24, 2.45) is 0 Å². The standard InChI is InChI=1S/C15H20N2O4/c1-15(2,3)21-14(19)17-8-7-16-11-9-10(13(18)20-4)5-6-12(11)17/h5-6,9,16H,7-8H2,1-4H3. The minimum Gasteiger partial charge on any atom is -0.465 e. The van der Waals surface area contributed by atoms with Gasteiger partial charge in [0.25, 0.3) is 0 Å². The van der Waals surface area contributed by atoms with E-state index in [4.69, 9.17) is 9.47 Å². The molecule has 2 rings (SSSR count). The lowest BCUT2D eigenvalue weighted by Gasteiger charge is -2.32. The van der Waals surface area contributed by atoms with Gasteiger partial charge in [-0.1, -0.05) is 0 Å². The van der Waals surface area contributed by atoms with Gasteiger partial charge in [-0.3, -0.25) is 4.90 Å². The molecule has 0 atom stereocenters. The Morgan fingerprint density at radius 3 is 2.62 bits per heavy atom. The van der Waals surface area contributed by atoms with E-state index in [0.29, 0.717) is 24.3 Å². The van der Waals surface area contributed by atoms with Crippen LogP contribution >= 0.6 is 0 Å². The molecular formula is C15H20N2O4. The molecule has 0 aliphatic carbocycles. The number of nitrogens with one attached hydrogen (secondary N) is 1. The van der Waals surface area contributed by atoms with Gasteiger partial charge >= 0.3 is 12.1 Å². The second-order valence-corrected chi connectivity index (χ2v) is 5.78. The molecule has 0 fully saturated rings. The Labute approximate surface area is 124 Å². The lowest BCUT2D eigenvalue weighted by Crippen LogP contribution is -2.42. The third kappa shape index (κ3) is 3.45. The SMILES string of the molecule is COC(=O)c1ccc2c(c1)NCCN2C(=O)OC(C)(C)C. The van der Waals surface area contributed by atoms with E-state index in [9.17, 15) is 9.59 Å². The fourth-order valence-corrected chi connectivity index (χ4v) is 2.09. The Kier molecular flexibility index (Phi) is 4.06. The number of fused-ring (bicyclic) bond motifs is 1. The molecule has 0 unspecified atom stereocenters. The quantitative estimate of drug-likeness (QED) is 0.806. The van der Waals surface area contributed by atoms with Crippen molar-refractivity contribution in [3.05, 3.63) is 23.8 Å². The number of hydrogen-bond acceptors (Lipinski definition) is 5. The van der Waals surface area contributed by atoms with Crippen LogP contribution in [-0.2, 0) is 9.47 Å². The summed E-state index contributed by atoms with van der Waals surface area (Å²) >= 11 is 0. The number of amides is 1. The van der Waals surface area contributed by atoms with E-state index in [1.807, 2.05) is 20.8 Å². The van der Waals surface area contributed by atoms with Crippen molar-refractivity contribution in [2.45, 2.75) is 26.4 Å². The van der Waals surface area contributed by atoms with Crippen molar-refractivity contribution >= 4 is 23.4 Å². The first-order valence-electron chi connectivity index (χ1n) is 6.78. The van der Waals surface area contributed by atoms with E-state index in [-0.39, 0.29) is 0 Å². The van der Waals surface area contributed by atoms with Crippen LogP contribution < -0.4 is 10.2 Å². The molecule has 1 heterocycles. The molecule has 1 aromatic rings. The van der Waals surface area contributed by atoms with Gasteiger partial charge in [-0.05, 0) is 39.0 Å². The number of hydrogen-bond donors (Lipinski definition) is 1. The molecule has 0 aromatic heterocycles. The summed E-state index contributed by atoms with van der Waals surface area (Å²) in [6.07, 6.45) is -0.393. The number of carbonyl (C=O) groups excluding carboxylic acids is 2. The fourth-order valence-electron chi connectivity index (χ4n) is 2.09. The van der Waals surface area contributed by atoms with Crippen LogP contribution in [0.2, 0.25) is 0 Å².